The van der Waals surface area contributed by atoms with Crippen molar-refractivity contribution in [3.05, 3.63) is 82.0 Å². The lowest BCUT2D eigenvalue weighted by atomic mass is 9.87. The first-order chi connectivity index (χ1) is 14.9. The highest BCUT2D eigenvalue weighted by Crippen LogP contribution is 2.42. The van der Waals surface area contributed by atoms with Gasteiger partial charge in [-0.05, 0) is 68.1 Å². The summed E-state index contributed by atoms with van der Waals surface area (Å²) in [6.07, 6.45) is 0.701. The van der Waals surface area contributed by atoms with Gasteiger partial charge >= 0.3 is 5.97 Å². The van der Waals surface area contributed by atoms with Crippen LogP contribution in [0.3, 0.4) is 0 Å². The zero-order valence-electron chi connectivity index (χ0n) is 17.4. The largest absolute Gasteiger partial charge is 0.426 e. The maximum atomic E-state index is 13.2. The number of hydrogen-bond acceptors (Lipinski definition) is 5. The summed E-state index contributed by atoms with van der Waals surface area (Å²) < 4.78 is 5.67. The van der Waals surface area contributed by atoms with E-state index in [0.29, 0.717) is 17.7 Å². The quantitative estimate of drug-likeness (QED) is 0.309. The van der Waals surface area contributed by atoms with Crippen LogP contribution in [-0.2, 0) is 9.59 Å². The number of ether oxygens (including phenoxy) is 1. The highest BCUT2D eigenvalue weighted by atomic mass is 32.1. The molecule has 1 aromatic heterocycles. The molecule has 2 atom stereocenters. The monoisotopic (exact) mass is 433 g/mol. The smallest absolute Gasteiger partial charge is 0.316 e. The average molecular weight is 434 g/mol. The summed E-state index contributed by atoms with van der Waals surface area (Å²) >= 11 is 1.53. The van der Waals surface area contributed by atoms with Gasteiger partial charge in [0.15, 0.2) is 5.78 Å². The molecular formula is C25H23NO4S. The van der Waals surface area contributed by atoms with Crippen LogP contribution in [0.15, 0.2) is 66.0 Å². The van der Waals surface area contributed by atoms with Gasteiger partial charge in [0.2, 0.25) is 5.91 Å². The highest BCUT2D eigenvalue weighted by molar-refractivity contribution is 7.10. The number of carbonyl (C=O) groups excluding carboxylic acids is 3. The molecule has 1 fully saturated rings. The molecular weight excluding hydrogens is 410 g/mol. The lowest BCUT2D eigenvalue weighted by Crippen LogP contribution is -2.46. The number of carbonyl (C=O) groups is 3. The minimum absolute atomic E-state index is 0.00267. The van der Waals surface area contributed by atoms with E-state index in [0.717, 1.165) is 16.1 Å². The number of Topliss-reactive ketones (excluding diaryl/α,β-unsaturated/α-hetero) is 1. The number of aryl methyl sites for hydroxylation is 1. The Hall–Kier alpha value is -3.25. The molecule has 0 saturated carbocycles. The molecule has 1 aliphatic heterocycles. The Morgan fingerprint density at radius 3 is 2.35 bits per heavy atom. The molecule has 1 saturated heterocycles. The molecule has 1 amide bonds. The van der Waals surface area contributed by atoms with Crippen molar-refractivity contribution in [3.63, 3.8) is 0 Å². The van der Waals surface area contributed by atoms with Gasteiger partial charge in [0.25, 0.3) is 0 Å². The Morgan fingerprint density at radius 2 is 1.74 bits per heavy atom. The predicted octanol–water partition coefficient (Wildman–Crippen LogP) is 5.35. The minimum Gasteiger partial charge on any atom is -0.426 e. The lowest BCUT2D eigenvalue weighted by Gasteiger charge is -2.39. The van der Waals surface area contributed by atoms with Crippen LogP contribution < -0.4 is 9.64 Å². The van der Waals surface area contributed by atoms with Crippen molar-refractivity contribution in [3.8, 4) is 5.75 Å². The van der Waals surface area contributed by atoms with Gasteiger partial charge in [-0.2, -0.15) is 0 Å². The zero-order valence-corrected chi connectivity index (χ0v) is 18.2. The maximum Gasteiger partial charge on any atom is 0.316 e. The summed E-state index contributed by atoms with van der Waals surface area (Å²) in [5, 5.41) is 1.95. The lowest BCUT2D eigenvalue weighted by molar-refractivity contribution is -0.141. The third-order valence-electron chi connectivity index (χ3n) is 5.53. The number of hydrogen-bond donors (Lipinski definition) is 0. The van der Waals surface area contributed by atoms with E-state index in [1.165, 1.54) is 18.3 Å². The maximum absolute atomic E-state index is 13.2. The molecule has 0 spiro atoms. The van der Waals surface area contributed by atoms with E-state index >= 15 is 0 Å². The first-order valence-corrected chi connectivity index (χ1v) is 11.1. The van der Waals surface area contributed by atoms with Crippen LogP contribution in [0, 0.1) is 12.8 Å². The number of rotatable bonds is 5. The van der Waals surface area contributed by atoms with Gasteiger partial charge in [-0.3, -0.25) is 14.4 Å². The SMILES string of the molecule is CC(=O)c1ccc(OC(=O)[C@H]2CCC(=O)N(c3ccc(C)cc3)[C@@H]2c2cccs2)cc1. The van der Waals surface area contributed by atoms with Crippen LogP contribution in [0.5, 0.6) is 5.75 Å². The highest BCUT2D eigenvalue weighted by Gasteiger charge is 2.43. The number of thiophene rings is 1. The van der Waals surface area contributed by atoms with E-state index in [9.17, 15) is 14.4 Å². The Bertz CT molecular complexity index is 1090. The molecule has 4 rings (SSSR count). The standard InChI is InChI=1S/C25H23NO4S/c1-16-5-9-19(10-6-16)26-23(28)14-13-21(24(26)22-4-3-15-31-22)25(29)30-20-11-7-18(8-12-20)17(2)27/h3-12,15,21,24H,13-14H2,1-2H3/t21-,24-/m0/s1. The minimum atomic E-state index is -0.495. The third-order valence-corrected chi connectivity index (χ3v) is 6.47. The fraction of sp³-hybridized carbons (Fsp3) is 0.240. The second-order valence-electron chi connectivity index (χ2n) is 7.71. The van der Waals surface area contributed by atoms with Crippen molar-refractivity contribution in [1.29, 1.82) is 0 Å². The molecule has 1 aliphatic rings. The summed E-state index contributed by atoms with van der Waals surface area (Å²) in [7, 11) is 0. The summed E-state index contributed by atoms with van der Waals surface area (Å²) in [6, 6.07) is 17.8. The van der Waals surface area contributed by atoms with Crippen LogP contribution in [-0.4, -0.2) is 17.7 Å². The van der Waals surface area contributed by atoms with E-state index < -0.39 is 12.0 Å². The van der Waals surface area contributed by atoms with Crippen molar-refractivity contribution in [1.82, 2.24) is 0 Å². The molecule has 3 aromatic rings. The molecule has 0 radical (unpaired) electrons. The van der Waals surface area contributed by atoms with Crippen molar-refractivity contribution >= 4 is 34.7 Å². The molecule has 0 bridgehead atoms. The summed E-state index contributed by atoms with van der Waals surface area (Å²) in [4.78, 5) is 40.3. The second-order valence-corrected chi connectivity index (χ2v) is 8.69. The van der Waals surface area contributed by atoms with Crippen LogP contribution in [0.4, 0.5) is 5.69 Å². The molecule has 158 valence electrons. The van der Waals surface area contributed by atoms with Crippen LogP contribution in [0.25, 0.3) is 0 Å². The average Bonchev–Trinajstić information content (AvgIpc) is 3.29. The van der Waals surface area contributed by atoms with Gasteiger partial charge in [-0.25, -0.2) is 0 Å². The Morgan fingerprint density at radius 1 is 1.03 bits per heavy atom. The molecule has 0 N–H and O–H groups in total. The van der Waals surface area contributed by atoms with E-state index in [-0.39, 0.29) is 24.1 Å². The van der Waals surface area contributed by atoms with Crippen molar-refractivity contribution < 1.29 is 19.1 Å². The first kappa shape index (κ1) is 21.0. The number of piperidine rings is 1. The topological polar surface area (TPSA) is 63.7 Å². The number of amides is 1. The summed E-state index contributed by atoms with van der Waals surface area (Å²) in [5.41, 5.74) is 2.44. The fourth-order valence-corrected chi connectivity index (χ4v) is 4.76. The van der Waals surface area contributed by atoms with Crippen molar-refractivity contribution in [2.75, 3.05) is 4.90 Å². The van der Waals surface area contributed by atoms with Crippen LogP contribution in [0.1, 0.15) is 46.6 Å². The number of esters is 1. The molecule has 5 nitrogen and oxygen atoms in total. The van der Waals surface area contributed by atoms with Gasteiger partial charge in [0, 0.05) is 22.5 Å². The van der Waals surface area contributed by atoms with Crippen molar-refractivity contribution in [2.45, 2.75) is 32.7 Å². The number of anilines is 1. The van der Waals surface area contributed by atoms with Gasteiger partial charge < -0.3 is 9.64 Å². The van der Waals surface area contributed by atoms with E-state index in [1.54, 1.807) is 29.2 Å². The Balaban J connectivity index is 1.65. The molecule has 0 unspecified atom stereocenters. The van der Waals surface area contributed by atoms with E-state index in [2.05, 4.69) is 0 Å². The van der Waals surface area contributed by atoms with E-state index in [4.69, 9.17) is 4.74 Å². The zero-order chi connectivity index (χ0) is 22.0. The van der Waals surface area contributed by atoms with Gasteiger partial charge in [0.1, 0.15) is 5.75 Å². The fourth-order valence-electron chi connectivity index (χ4n) is 3.88. The van der Waals surface area contributed by atoms with E-state index in [1.807, 2.05) is 48.7 Å². The number of benzene rings is 2. The molecule has 31 heavy (non-hydrogen) atoms. The van der Waals surface area contributed by atoms with Crippen LogP contribution in [0.2, 0.25) is 0 Å². The first-order valence-electron chi connectivity index (χ1n) is 10.2. The Kier molecular flexibility index (Phi) is 6.00. The number of ketones is 1. The predicted molar refractivity (Wildman–Crippen MR) is 121 cm³/mol. The Labute approximate surface area is 185 Å². The number of nitrogens with zero attached hydrogens (tertiary/aromatic N) is 1. The molecule has 0 aliphatic carbocycles. The molecule has 2 heterocycles. The van der Waals surface area contributed by atoms with Crippen molar-refractivity contribution in [2.24, 2.45) is 5.92 Å². The van der Waals surface area contributed by atoms with Crippen LogP contribution >= 0.6 is 11.3 Å². The normalized spacial score (nSPS) is 18.6. The summed E-state index contributed by atoms with van der Waals surface area (Å²) in [5.74, 6) is -0.533. The molecule has 6 heteroatoms. The van der Waals surface area contributed by atoms with Gasteiger partial charge in [-0.15, -0.1) is 11.3 Å². The van der Waals surface area contributed by atoms with Gasteiger partial charge in [0.05, 0.1) is 12.0 Å². The van der Waals surface area contributed by atoms with Gasteiger partial charge in [-0.1, -0.05) is 23.8 Å². The third kappa shape index (κ3) is 4.44. The molecule has 2 aromatic carbocycles. The summed E-state index contributed by atoms with van der Waals surface area (Å²) in [6.45, 7) is 3.49. The second kappa shape index (κ2) is 8.86.